The number of rotatable bonds is 0. The average Bonchev–Trinajstić information content (AvgIpc) is 0.811. The van der Waals surface area contributed by atoms with E-state index in [-0.39, 0.29) is 27.0 Å². The van der Waals surface area contributed by atoms with Crippen molar-refractivity contribution in [3.8, 4) is 0 Å². The Morgan fingerprint density at radius 1 is 1.33 bits per heavy atom. The summed E-state index contributed by atoms with van der Waals surface area (Å²) in [7, 11) is 0. The number of hydrogen-bond acceptors (Lipinski definition) is 1. The first-order chi connectivity index (χ1) is 1.73. The van der Waals surface area contributed by atoms with Crippen molar-refractivity contribution in [2.45, 2.75) is 0 Å². The van der Waals surface area contributed by atoms with Gasteiger partial charge in [-0.15, -0.1) is 0 Å². The van der Waals surface area contributed by atoms with Gasteiger partial charge in [-0.2, -0.15) is 14.1 Å². The molecule has 0 saturated carbocycles. The zero-order valence-electron chi connectivity index (χ0n) is 2.80. The molecule has 0 aliphatic carbocycles. The predicted octanol–water partition coefficient (Wildman–Crippen LogP) is -0.263. The fourth-order valence-corrected chi connectivity index (χ4v) is 0. The third-order valence-corrected chi connectivity index (χ3v) is 0. The summed E-state index contributed by atoms with van der Waals surface area (Å²) in [6.45, 7) is 0. The molecule has 3 nitrogen and oxygen atoms in total. The Morgan fingerprint density at radius 3 is 1.33 bits per heavy atom. The molecule has 1 unspecified atom stereocenters. The zero-order chi connectivity index (χ0) is 3.58. The van der Waals surface area contributed by atoms with Gasteiger partial charge in [-0.1, -0.05) is 0 Å². The second-order valence-corrected chi connectivity index (χ2v) is 0.692. The van der Waals surface area contributed by atoms with Crippen molar-refractivity contribution < 1.29 is 30.4 Å². The van der Waals surface area contributed by atoms with Gasteiger partial charge in [0.25, 0.3) is 11.4 Å². The van der Waals surface area contributed by atoms with E-state index >= 15 is 0 Å². The van der Waals surface area contributed by atoms with Gasteiger partial charge in [0.2, 0.25) is 0 Å². The van der Waals surface area contributed by atoms with E-state index in [1.165, 1.54) is 0 Å². The minimum atomic E-state index is -2.61. The van der Waals surface area contributed by atoms with Gasteiger partial charge in [-0.3, -0.25) is 9.11 Å². The summed E-state index contributed by atoms with van der Waals surface area (Å²) < 4.78 is 22.8. The zero-order valence-corrected chi connectivity index (χ0v) is 6.21. The topological polar surface area (TPSA) is 57.5 Å². The molecule has 0 bridgehead atoms. The molecule has 0 spiro atoms. The van der Waals surface area contributed by atoms with E-state index in [1.54, 1.807) is 0 Å². The molecular weight excluding hydrogens is 166 g/mol. The minimum Gasteiger partial charge on any atom is -0.284 e. The van der Waals surface area contributed by atoms with E-state index in [0.717, 1.165) is 0 Å². The Bertz CT molecular complexity index is 33.8. The van der Waals surface area contributed by atoms with Crippen LogP contribution in [-0.4, -0.2) is 13.3 Å². The molecule has 0 fully saturated rings. The van der Waals surface area contributed by atoms with Crippen LogP contribution in [0.5, 0.6) is 0 Å². The molecule has 0 rings (SSSR count). The third kappa shape index (κ3) is 78.0. The summed E-state index contributed by atoms with van der Waals surface area (Å²) in [6, 6.07) is 0. The minimum absolute atomic E-state index is 0. The summed E-state index contributed by atoms with van der Waals surface area (Å²) in [6.07, 6.45) is 0. The van der Waals surface area contributed by atoms with Crippen molar-refractivity contribution in [3.63, 3.8) is 0 Å². The Labute approximate surface area is 52.1 Å². The summed E-state index contributed by atoms with van der Waals surface area (Å²) >= 11 is -2.61. The second kappa shape index (κ2) is 9.39. The smallest absolute Gasteiger partial charge is 0.284 e. The molecule has 0 aliphatic rings. The van der Waals surface area contributed by atoms with Gasteiger partial charge in [-0.25, -0.2) is 0 Å². The Kier molecular flexibility index (Phi) is 24.6. The molecule has 0 aromatic rings. The van der Waals surface area contributed by atoms with Crippen LogP contribution >= 0.6 is 9.90 Å². The van der Waals surface area contributed by atoms with Gasteiger partial charge in [0.05, 0.1) is 0 Å². The third-order valence-electron chi connectivity index (χ3n) is 0. The molecule has 0 saturated heterocycles. The number of hydrogen-bond donors (Lipinski definition) is 2. The van der Waals surface area contributed by atoms with E-state index in [4.69, 9.17) is 13.3 Å². The van der Waals surface area contributed by atoms with E-state index in [0.29, 0.717) is 0 Å². The van der Waals surface area contributed by atoms with Gasteiger partial charge >= 0.3 is 0 Å². The van der Waals surface area contributed by atoms with Crippen molar-refractivity contribution in [2.75, 3.05) is 0 Å². The van der Waals surface area contributed by atoms with Crippen LogP contribution in [0.1, 0.15) is 0 Å². The second-order valence-electron chi connectivity index (χ2n) is 0.231. The van der Waals surface area contributed by atoms with Crippen LogP contribution in [0.4, 0.5) is 0 Å². The van der Waals surface area contributed by atoms with E-state index in [1.807, 2.05) is 0 Å². The van der Waals surface area contributed by atoms with Gasteiger partial charge < -0.3 is 0 Å². The maximum Gasteiger partial charge on any atom is 0.299 e. The summed E-state index contributed by atoms with van der Waals surface area (Å²) in [4.78, 5) is 0. The van der Waals surface area contributed by atoms with E-state index < -0.39 is 11.4 Å². The fraction of sp³-hybridized carbons (Fsp3) is 0. The largest absolute Gasteiger partial charge is 0.299 e. The predicted molar refractivity (Wildman–Crippen MR) is 24.5 cm³/mol. The van der Waals surface area contributed by atoms with Gasteiger partial charge in [0, 0.05) is 17.1 Å². The van der Waals surface area contributed by atoms with Crippen LogP contribution in [0.2, 0.25) is 0 Å². The summed E-state index contributed by atoms with van der Waals surface area (Å²) in [5.41, 5.74) is 0. The Morgan fingerprint density at radius 2 is 1.33 bits per heavy atom. The normalized spacial score (nSPS) is 5.83. The quantitative estimate of drug-likeness (QED) is 0.300. The van der Waals surface area contributed by atoms with Crippen LogP contribution in [0, 0.1) is 0 Å². The first-order valence-corrected chi connectivity index (χ1v) is 1.60. The maximum atomic E-state index is 8.67. The monoisotopic (exact) mass is 171 g/mol. The van der Waals surface area contributed by atoms with Crippen LogP contribution in [0.15, 0.2) is 0 Å². The van der Waals surface area contributed by atoms with Crippen molar-refractivity contribution in [2.24, 2.45) is 0 Å². The molecule has 41 valence electrons. The van der Waals surface area contributed by atoms with Crippen LogP contribution in [0.25, 0.3) is 0 Å². The van der Waals surface area contributed by atoms with Crippen LogP contribution < -0.4 is 0 Å². The molecule has 6 heavy (non-hydrogen) atoms. The maximum absolute atomic E-state index is 8.67. The molecule has 0 heterocycles. The standard InChI is InChI=1S/Mn.H2O3S.H3P/c;1-4(2)3;/h;(H2,1,2,3);1H3. The molecule has 0 aromatic carbocycles. The van der Waals surface area contributed by atoms with Crippen molar-refractivity contribution in [3.05, 3.63) is 0 Å². The molecule has 6 heteroatoms. The summed E-state index contributed by atoms with van der Waals surface area (Å²) in [5, 5.41) is 0. The molecule has 1 atom stereocenters. The molecule has 1 radical (unpaired) electrons. The SMILES string of the molecule is O=S(O)O.P.[Mn]. The first kappa shape index (κ1) is 15.7. The van der Waals surface area contributed by atoms with Crippen molar-refractivity contribution in [1.29, 1.82) is 0 Å². The van der Waals surface area contributed by atoms with Crippen molar-refractivity contribution in [1.82, 2.24) is 0 Å². The molecule has 0 aromatic heterocycles. The Balaban J connectivity index is -0.0000000450. The van der Waals surface area contributed by atoms with E-state index in [9.17, 15) is 0 Å². The van der Waals surface area contributed by atoms with Gasteiger partial charge in [-0.05, 0) is 0 Å². The Hall–Kier alpha value is 1.02. The molecule has 0 aliphatic heterocycles. The average molecular weight is 171 g/mol. The van der Waals surface area contributed by atoms with Crippen LogP contribution in [-0.2, 0) is 28.4 Å². The fourth-order valence-electron chi connectivity index (χ4n) is 0. The molecule has 0 amide bonds. The summed E-state index contributed by atoms with van der Waals surface area (Å²) in [5.74, 6) is 0. The molecule has 2 N–H and O–H groups in total. The van der Waals surface area contributed by atoms with Gasteiger partial charge in [0.1, 0.15) is 0 Å². The first-order valence-electron chi connectivity index (χ1n) is 0.532. The van der Waals surface area contributed by atoms with Gasteiger partial charge in [0.15, 0.2) is 0 Å². The van der Waals surface area contributed by atoms with Crippen LogP contribution in [0.3, 0.4) is 0 Å². The van der Waals surface area contributed by atoms with Crippen molar-refractivity contribution >= 4 is 21.3 Å². The molecular formula is H5MnO3PS. The van der Waals surface area contributed by atoms with E-state index in [2.05, 4.69) is 0 Å².